The van der Waals surface area contributed by atoms with Crippen molar-refractivity contribution in [1.29, 1.82) is 0 Å². The molecule has 1 unspecified atom stereocenters. The predicted molar refractivity (Wildman–Crippen MR) is 109 cm³/mol. The van der Waals surface area contributed by atoms with Gasteiger partial charge in [0.25, 0.3) is 11.8 Å². The maximum Gasteiger partial charge on any atom is 0.344 e. The zero-order valence-electron chi connectivity index (χ0n) is 16.3. The topological polar surface area (TPSA) is 83.0 Å². The summed E-state index contributed by atoms with van der Waals surface area (Å²) in [5.74, 6) is -0.775. The normalized spacial score (nSPS) is 26.6. The van der Waals surface area contributed by atoms with Crippen LogP contribution in [0.5, 0.6) is 0 Å². The minimum absolute atomic E-state index is 0.226. The van der Waals surface area contributed by atoms with Crippen LogP contribution in [-0.4, -0.2) is 35.9 Å². The number of hydrogen-bond acceptors (Lipinski definition) is 4. The number of rotatable bonds is 6. The highest BCUT2D eigenvalue weighted by Gasteiger charge is 2.52. The van der Waals surface area contributed by atoms with E-state index < -0.39 is 17.5 Å². The molecule has 0 aliphatic carbocycles. The van der Waals surface area contributed by atoms with E-state index >= 15 is 0 Å². The number of imide groups is 1. The maximum atomic E-state index is 13.1. The van der Waals surface area contributed by atoms with E-state index in [4.69, 9.17) is 0 Å². The zero-order chi connectivity index (χ0) is 20.4. The minimum Gasteiger partial charge on any atom is -0.320 e. The van der Waals surface area contributed by atoms with E-state index in [1.807, 2.05) is 48.7 Å². The monoisotopic (exact) mass is 413 g/mol. The summed E-state index contributed by atoms with van der Waals surface area (Å²) in [7, 11) is 0. The Bertz CT molecular complexity index is 902. The highest BCUT2D eigenvalue weighted by molar-refractivity contribution is 7.10. The molecule has 4 rings (SSSR count). The van der Waals surface area contributed by atoms with E-state index in [-0.39, 0.29) is 12.5 Å². The van der Waals surface area contributed by atoms with Gasteiger partial charge >= 0.3 is 6.03 Å². The van der Waals surface area contributed by atoms with Gasteiger partial charge in [0.1, 0.15) is 11.6 Å². The van der Waals surface area contributed by atoms with Gasteiger partial charge in [0, 0.05) is 12.8 Å². The number of amides is 4. The van der Waals surface area contributed by atoms with E-state index in [9.17, 15) is 14.4 Å². The van der Waals surface area contributed by atoms with Crippen LogP contribution >= 0.6 is 11.3 Å². The first-order valence-electron chi connectivity index (χ1n) is 9.95. The fourth-order valence-corrected chi connectivity index (χ4v) is 5.29. The van der Waals surface area contributed by atoms with Gasteiger partial charge in [-0.15, -0.1) is 11.3 Å². The van der Waals surface area contributed by atoms with Crippen LogP contribution in [0, 0.1) is 0 Å². The molecule has 2 aliphatic heterocycles. The number of likely N-dealkylation sites (tertiary alicyclic amines) is 1. The molecule has 2 aromatic rings. The molecule has 3 N–H and O–H groups in total. The molecule has 1 aromatic carbocycles. The first-order valence-corrected chi connectivity index (χ1v) is 10.8. The lowest BCUT2D eigenvalue weighted by molar-refractivity contribution is -0.910. The summed E-state index contributed by atoms with van der Waals surface area (Å²) < 4.78 is 0. The maximum absolute atomic E-state index is 13.1. The molecule has 7 nitrogen and oxygen atoms in total. The molecule has 4 amide bonds. The first-order chi connectivity index (χ1) is 14.0. The van der Waals surface area contributed by atoms with Gasteiger partial charge in [-0.3, -0.25) is 15.0 Å². The Labute approximate surface area is 173 Å². The van der Waals surface area contributed by atoms with Crippen molar-refractivity contribution in [3.63, 3.8) is 0 Å². The van der Waals surface area contributed by atoms with E-state index in [1.165, 1.54) is 9.78 Å². The van der Waals surface area contributed by atoms with Crippen LogP contribution < -0.4 is 15.6 Å². The minimum atomic E-state index is -1.15. The van der Waals surface area contributed by atoms with E-state index in [2.05, 4.69) is 16.8 Å². The molecule has 1 aromatic heterocycles. The molecular formula is C21H25N4O3S+. The third kappa shape index (κ3) is 3.54. The standard InChI is InChI=1S/C21H24N4O3S/c1-2-21(15-8-4-3-5-9-15)19(27)25(20(28)22-21)23-18(26)14-24-12-6-10-16(24)17-11-7-13-29-17/h3-5,7-9,11,13,16H,2,6,10,12,14H2,1H3,(H,22,28)(H,23,26)/p+1/t16-,21+/m1/s1. The second kappa shape index (κ2) is 7.96. The van der Waals surface area contributed by atoms with Gasteiger partial charge in [0.15, 0.2) is 6.54 Å². The van der Waals surface area contributed by atoms with E-state index in [0.29, 0.717) is 18.0 Å². The molecule has 29 heavy (non-hydrogen) atoms. The molecule has 3 heterocycles. The van der Waals surface area contributed by atoms with Crippen LogP contribution in [0.25, 0.3) is 0 Å². The second-order valence-corrected chi connectivity index (χ2v) is 8.51. The Morgan fingerprint density at radius 2 is 2.07 bits per heavy atom. The molecular weight excluding hydrogens is 388 g/mol. The van der Waals surface area contributed by atoms with Crippen LogP contribution in [-0.2, 0) is 15.1 Å². The molecule has 3 atom stereocenters. The van der Waals surface area contributed by atoms with Crippen LogP contribution in [0.3, 0.4) is 0 Å². The van der Waals surface area contributed by atoms with Gasteiger partial charge in [-0.25, -0.2) is 4.79 Å². The van der Waals surface area contributed by atoms with E-state index in [0.717, 1.165) is 24.4 Å². The molecule has 2 saturated heterocycles. The van der Waals surface area contributed by atoms with Gasteiger partial charge in [-0.05, 0) is 23.4 Å². The predicted octanol–water partition coefficient (Wildman–Crippen LogP) is 1.36. The summed E-state index contributed by atoms with van der Waals surface area (Å²) in [6, 6.07) is 13.0. The number of benzene rings is 1. The molecule has 8 heteroatoms. The Kier molecular flexibility index (Phi) is 5.38. The number of carbonyl (C=O) groups is 3. The van der Waals surface area contributed by atoms with Gasteiger partial charge in [-0.2, -0.15) is 5.01 Å². The van der Waals surface area contributed by atoms with Crippen molar-refractivity contribution < 1.29 is 19.3 Å². The average molecular weight is 414 g/mol. The van der Waals surface area contributed by atoms with Crippen LogP contribution in [0.2, 0.25) is 0 Å². The Morgan fingerprint density at radius 3 is 2.76 bits per heavy atom. The molecule has 2 fully saturated rings. The lowest BCUT2D eigenvalue weighted by atomic mass is 9.87. The fourth-order valence-electron chi connectivity index (χ4n) is 4.37. The fraction of sp³-hybridized carbons (Fsp3) is 0.381. The van der Waals surface area contributed by atoms with Gasteiger partial charge in [0.05, 0.1) is 11.4 Å². The SMILES string of the molecule is CC[C@@]1(c2ccccc2)NC(=O)N(NC(=O)C[NH+]2CCC[C@@H]2c2cccs2)C1=O. The number of carbonyl (C=O) groups excluding carboxylic acids is 3. The molecule has 0 spiro atoms. The van der Waals surface area contributed by atoms with Crippen molar-refractivity contribution in [1.82, 2.24) is 15.8 Å². The second-order valence-electron chi connectivity index (χ2n) is 7.53. The molecule has 0 saturated carbocycles. The quantitative estimate of drug-likeness (QED) is 0.626. The number of nitrogens with zero attached hydrogens (tertiary/aromatic N) is 1. The number of hydrogen-bond donors (Lipinski definition) is 3. The third-order valence-electron chi connectivity index (χ3n) is 5.88. The van der Waals surface area contributed by atoms with Gasteiger partial charge < -0.3 is 10.2 Å². The highest BCUT2D eigenvalue weighted by Crippen LogP contribution is 2.31. The van der Waals surface area contributed by atoms with Crippen molar-refractivity contribution in [2.75, 3.05) is 13.1 Å². The van der Waals surface area contributed by atoms with Crippen molar-refractivity contribution >= 4 is 29.2 Å². The highest BCUT2D eigenvalue weighted by atomic mass is 32.1. The zero-order valence-corrected chi connectivity index (χ0v) is 17.1. The Morgan fingerprint density at radius 1 is 1.28 bits per heavy atom. The molecule has 2 aliphatic rings. The van der Waals surface area contributed by atoms with Gasteiger partial charge in [-0.1, -0.05) is 43.3 Å². The van der Waals surface area contributed by atoms with E-state index in [1.54, 1.807) is 11.3 Å². The number of hydrazine groups is 1. The summed E-state index contributed by atoms with van der Waals surface area (Å²) in [6.07, 6.45) is 2.49. The Balaban J connectivity index is 1.46. The molecule has 152 valence electrons. The van der Waals surface area contributed by atoms with Crippen molar-refractivity contribution in [2.45, 2.75) is 37.8 Å². The number of nitrogens with one attached hydrogen (secondary N) is 3. The number of thiophene rings is 1. The largest absolute Gasteiger partial charge is 0.344 e. The van der Waals surface area contributed by atoms with Crippen molar-refractivity contribution in [2.24, 2.45) is 0 Å². The van der Waals surface area contributed by atoms with Crippen LogP contribution in [0.1, 0.15) is 42.7 Å². The summed E-state index contributed by atoms with van der Waals surface area (Å²) in [5, 5.41) is 5.67. The smallest absolute Gasteiger partial charge is 0.320 e. The van der Waals surface area contributed by atoms with Crippen LogP contribution in [0.15, 0.2) is 47.8 Å². The lowest BCUT2D eigenvalue weighted by Crippen LogP contribution is -3.11. The Hall–Kier alpha value is -2.71. The average Bonchev–Trinajstić information content (AvgIpc) is 3.45. The first kappa shape index (κ1) is 19.6. The summed E-state index contributed by atoms with van der Waals surface area (Å²) in [6.45, 7) is 2.97. The number of urea groups is 1. The number of quaternary nitrogens is 1. The summed E-state index contributed by atoms with van der Waals surface area (Å²) in [4.78, 5) is 40.8. The third-order valence-corrected chi connectivity index (χ3v) is 6.87. The van der Waals surface area contributed by atoms with Gasteiger partial charge in [0.2, 0.25) is 0 Å². The molecule has 0 bridgehead atoms. The summed E-state index contributed by atoms with van der Waals surface area (Å²) in [5.41, 5.74) is 2.11. The van der Waals surface area contributed by atoms with Crippen LogP contribution in [0.4, 0.5) is 4.79 Å². The molecule has 0 radical (unpaired) electrons. The lowest BCUT2D eigenvalue weighted by Gasteiger charge is -2.26. The van der Waals surface area contributed by atoms with Crippen molar-refractivity contribution in [3.05, 3.63) is 58.3 Å². The van der Waals surface area contributed by atoms with Crippen molar-refractivity contribution in [3.8, 4) is 0 Å². The summed E-state index contributed by atoms with van der Waals surface area (Å²) >= 11 is 1.70.